The molecular formula is C20H18ClFN2O5S. The topological polar surface area (TPSA) is 102 Å². The van der Waals surface area contributed by atoms with Crippen molar-refractivity contribution in [3.8, 4) is 0 Å². The van der Waals surface area contributed by atoms with Crippen LogP contribution in [0.2, 0.25) is 5.02 Å². The third kappa shape index (κ3) is 4.63. The smallest absolute Gasteiger partial charge is 0.338 e. The Morgan fingerprint density at radius 1 is 1.20 bits per heavy atom. The summed E-state index contributed by atoms with van der Waals surface area (Å²) in [5, 5.41) is 4.67. The first-order chi connectivity index (χ1) is 14.2. The quantitative estimate of drug-likeness (QED) is 0.518. The van der Waals surface area contributed by atoms with E-state index in [0.29, 0.717) is 5.56 Å². The molecule has 2 aromatic rings. The molecule has 0 saturated heterocycles. The summed E-state index contributed by atoms with van der Waals surface area (Å²) in [5.74, 6) is -2.23. The van der Waals surface area contributed by atoms with Gasteiger partial charge in [0.25, 0.3) is 0 Å². The lowest BCUT2D eigenvalue weighted by Crippen LogP contribution is -2.47. The Labute approximate surface area is 177 Å². The van der Waals surface area contributed by atoms with Gasteiger partial charge in [-0.15, -0.1) is 0 Å². The van der Waals surface area contributed by atoms with Crippen LogP contribution in [-0.4, -0.2) is 32.8 Å². The van der Waals surface area contributed by atoms with Crippen LogP contribution in [0.15, 0.2) is 64.7 Å². The first-order valence-electron chi connectivity index (χ1n) is 8.93. The Balaban J connectivity index is 2.09. The summed E-state index contributed by atoms with van der Waals surface area (Å²) in [6, 6.07) is 10.0. The van der Waals surface area contributed by atoms with Crippen LogP contribution in [-0.2, 0) is 19.4 Å². The molecule has 2 N–H and O–H groups in total. The fourth-order valence-corrected chi connectivity index (χ4v) is 4.61. The summed E-state index contributed by atoms with van der Waals surface area (Å²) >= 11 is 5.70. The van der Waals surface area contributed by atoms with Crippen molar-refractivity contribution in [1.82, 2.24) is 10.6 Å². The molecule has 1 atom stereocenters. The van der Waals surface area contributed by atoms with E-state index in [1.165, 1.54) is 0 Å². The molecule has 0 spiro atoms. The largest absolute Gasteiger partial charge is 0.463 e. The number of benzene rings is 2. The molecular weight excluding hydrogens is 435 g/mol. The molecule has 0 bridgehead atoms. The number of nitrogens with one attached hydrogen (secondary N) is 2. The highest BCUT2D eigenvalue weighted by Gasteiger charge is 2.35. The third-order valence-electron chi connectivity index (χ3n) is 4.37. The molecule has 158 valence electrons. The van der Waals surface area contributed by atoms with Crippen molar-refractivity contribution in [3.63, 3.8) is 0 Å². The van der Waals surface area contributed by atoms with E-state index in [4.69, 9.17) is 16.3 Å². The number of sulfone groups is 1. The summed E-state index contributed by atoms with van der Waals surface area (Å²) in [6.45, 7) is 1.67. The maximum atomic E-state index is 13.4. The molecule has 2 amide bonds. The summed E-state index contributed by atoms with van der Waals surface area (Å²) in [6.07, 6.45) is 0. The number of ether oxygens (including phenoxy) is 1. The van der Waals surface area contributed by atoms with Crippen LogP contribution in [0.4, 0.5) is 9.18 Å². The average Bonchev–Trinajstić information content (AvgIpc) is 2.70. The Kier molecular flexibility index (Phi) is 6.42. The van der Waals surface area contributed by atoms with E-state index in [1.807, 2.05) is 0 Å². The second-order valence-corrected chi connectivity index (χ2v) is 8.79. The zero-order valence-corrected chi connectivity index (χ0v) is 17.4. The number of amides is 2. The highest BCUT2D eigenvalue weighted by molar-refractivity contribution is 7.91. The molecule has 7 nitrogen and oxygen atoms in total. The van der Waals surface area contributed by atoms with Crippen LogP contribution in [0.1, 0.15) is 18.5 Å². The number of urea groups is 1. The van der Waals surface area contributed by atoms with Gasteiger partial charge in [-0.2, -0.15) is 0 Å². The molecule has 1 aliphatic rings. The monoisotopic (exact) mass is 452 g/mol. The van der Waals surface area contributed by atoms with Crippen LogP contribution in [0, 0.1) is 5.82 Å². The van der Waals surface area contributed by atoms with E-state index in [0.717, 1.165) is 18.2 Å². The lowest BCUT2D eigenvalue weighted by molar-refractivity contribution is -0.139. The number of rotatable bonds is 6. The SMILES string of the molecule is CCOC(=O)C1=C(CS(=O)(=O)c2ccc(F)c(Cl)c2)NC(=O)NC1c1ccccc1. The Hall–Kier alpha value is -2.91. The van der Waals surface area contributed by atoms with E-state index in [-0.39, 0.29) is 27.8 Å². The van der Waals surface area contributed by atoms with Gasteiger partial charge in [0, 0.05) is 5.70 Å². The molecule has 3 rings (SSSR count). The molecule has 1 aliphatic heterocycles. The van der Waals surface area contributed by atoms with Gasteiger partial charge in [0.05, 0.1) is 33.9 Å². The maximum absolute atomic E-state index is 13.4. The standard InChI is InChI=1S/C20H18ClFN2O5S/c1-2-29-19(25)17-16(11-30(27,28)13-8-9-15(22)14(21)10-13)23-20(26)24-18(17)12-6-4-3-5-7-12/h3-10,18H,2,11H2,1H3,(H2,23,24,26). The minimum absolute atomic E-state index is 0.0283. The second kappa shape index (κ2) is 8.85. The fourth-order valence-electron chi connectivity index (χ4n) is 3.02. The average molecular weight is 453 g/mol. The van der Waals surface area contributed by atoms with Crippen LogP contribution in [0.25, 0.3) is 0 Å². The Morgan fingerprint density at radius 3 is 2.53 bits per heavy atom. The van der Waals surface area contributed by atoms with Crippen molar-refractivity contribution in [1.29, 1.82) is 0 Å². The van der Waals surface area contributed by atoms with Crippen molar-refractivity contribution in [3.05, 3.63) is 76.2 Å². The van der Waals surface area contributed by atoms with E-state index in [2.05, 4.69) is 10.6 Å². The van der Waals surface area contributed by atoms with Gasteiger partial charge in [0.1, 0.15) is 5.82 Å². The van der Waals surface area contributed by atoms with Crippen LogP contribution >= 0.6 is 11.6 Å². The van der Waals surface area contributed by atoms with Crippen molar-refractivity contribution in [2.75, 3.05) is 12.4 Å². The maximum Gasteiger partial charge on any atom is 0.338 e. The summed E-state index contributed by atoms with van der Waals surface area (Å²) in [5.41, 5.74) is 0.432. The van der Waals surface area contributed by atoms with Crippen molar-refractivity contribution in [2.24, 2.45) is 0 Å². The van der Waals surface area contributed by atoms with Gasteiger partial charge in [-0.3, -0.25) is 0 Å². The van der Waals surface area contributed by atoms with Crippen molar-refractivity contribution in [2.45, 2.75) is 17.9 Å². The lowest BCUT2D eigenvalue weighted by atomic mass is 9.95. The first kappa shape index (κ1) is 21.8. The normalized spacial score (nSPS) is 16.6. The van der Waals surface area contributed by atoms with Gasteiger partial charge in [-0.05, 0) is 30.7 Å². The third-order valence-corrected chi connectivity index (χ3v) is 6.30. The molecule has 1 heterocycles. The molecule has 0 aliphatic carbocycles. The van der Waals surface area contributed by atoms with Crippen LogP contribution in [0.5, 0.6) is 0 Å². The van der Waals surface area contributed by atoms with Crippen LogP contribution in [0.3, 0.4) is 0 Å². The molecule has 1 unspecified atom stereocenters. The van der Waals surface area contributed by atoms with Gasteiger partial charge in [0.15, 0.2) is 9.84 Å². The van der Waals surface area contributed by atoms with Gasteiger partial charge < -0.3 is 15.4 Å². The lowest BCUT2D eigenvalue weighted by Gasteiger charge is -2.29. The molecule has 10 heteroatoms. The number of carbonyl (C=O) groups excluding carboxylic acids is 2. The number of esters is 1. The number of hydrogen-bond donors (Lipinski definition) is 2. The molecule has 30 heavy (non-hydrogen) atoms. The van der Waals surface area contributed by atoms with E-state index < -0.39 is 39.4 Å². The number of carbonyl (C=O) groups is 2. The minimum Gasteiger partial charge on any atom is -0.463 e. The van der Waals surface area contributed by atoms with E-state index >= 15 is 0 Å². The number of hydrogen-bond acceptors (Lipinski definition) is 5. The second-order valence-electron chi connectivity index (χ2n) is 6.39. The molecule has 0 saturated carbocycles. The summed E-state index contributed by atoms with van der Waals surface area (Å²) in [4.78, 5) is 24.7. The first-order valence-corrected chi connectivity index (χ1v) is 11.0. The molecule has 0 radical (unpaired) electrons. The fraction of sp³-hybridized carbons (Fsp3) is 0.200. The highest BCUT2D eigenvalue weighted by atomic mass is 35.5. The van der Waals surface area contributed by atoms with E-state index in [9.17, 15) is 22.4 Å². The van der Waals surface area contributed by atoms with Gasteiger partial charge in [-0.25, -0.2) is 22.4 Å². The highest BCUT2D eigenvalue weighted by Crippen LogP contribution is 2.29. The van der Waals surface area contributed by atoms with Gasteiger partial charge in [0.2, 0.25) is 0 Å². The Morgan fingerprint density at radius 2 is 1.90 bits per heavy atom. The van der Waals surface area contributed by atoms with E-state index in [1.54, 1.807) is 37.3 Å². The predicted octanol–water partition coefficient (Wildman–Crippen LogP) is 3.12. The van der Waals surface area contributed by atoms with Crippen LogP contribution < -0.4 is 10.6 Å². The predicted molar refractivity (Wildman–Crippen MR) is 108 cm³/mol. The van der Waals surface area contributed by atoms with Crippen molar-refractivity contribution >= 4 is 33.4 Å². The van der Waals surface area contributed by atoms with Gasteiger partial charge in [-0.1, -0.05) is 41.9 Å². The van der Waals surface area contributed by atoms with Gasteiger partial charge >= 0.3 is 12.0 Å². The number of halogens is 2. The zero-order chi connectivity index (χ0) is 21.9. The molecule has 0 aromatic heterocycles. The summed E-state index contributed by atoms with van der Waals surface area (Å²) < 4.78 is 44.3. The molecule has 2 aromatic carbocycles. The van der Waals surface area contributed by atoms with Crippen molar-refractivity contribution < 1.29 is 27.1 Å². The molecule has 0 fully saturated rings. The zero-order valence-electron chi connectivity index (χ0n) is 15.8. The minimum atomic E-state index is -4.07. The summed E-state index contributed by atoms with van der Waals surface area (Å²) in [7, 11) is -4.07. The Bertz CT molecular complexity index is 1120.